The molecule has 8 nitrogen and oxygen atoms in total. The smallest absolute Gasteiger partial charge is 0.142 e. The molecular weight excluding hydrogens is 506 g/mol. The van der Waals surface area contributed by atoms with Crippen molar-refractivity contribution in [1.82, 2.24) is 5.32 Å². The van der Waals surface area contributed by atoms with Crippen molar-refractivity contribution >= 4 is 5.69 Å². The highest BCUT2D eigenvalue weighted by Crippen LogP contribution is 2.35. The van der Waals surface area contributed by atoms with Gasteiger partial charge >= 0.3 is 0 Å². The second-order valence-corrected chi connectivity index (χ2v) is 10.3. The third-order valence-corrected chi connectivity index (χ3v) is 7.57. The molecule has 3 aromatic carbocycles. The van der Waals surface area contributed by atoms with E-state index in [4.69, 9.17) is 18.9 Å². The number of β-amino-alcohol motifs (C(OH)–C–C–N with tert-alkyl or cyclic N) is 1. The number of aryl methyl sites for hydroxylation is 1. The molecule has 2 aliphatic heterocycles. The summed E-state index contributed by atoms with van der Waals surface area (Å²) in [6.45, 7) is 6.67. The van der Waals surface area contributed by atoms with Gasteiger partial charge in [-0.2, -0.15) is 5.26 Å². The Morgan fingerprint density at radius 1 is 1.07 bits per heavy atom. The first-order chi connectivity index (χ1) is 19.6. The summed E-state index contributed by atoms with van der Waals surface area (Å²) in [4.78, 5) is 2.34. The lowest BCUT2D eigenvalue weighted by atomic mass is 9.85. The minimum absolute atomic E-state index is 0.175. The third-order valence-electron chi connectivity index (χ3n) is 7.57. The summed E-state index contributed by atoms with van der Waals surface area (Å²) in [7, 11) is 1.73. The van der Waals surface area contributed by atoms with E-state index in [0.29, 0.717) is 43.4 Å². The first-order valence-corrected chi connectivity index (χ1v) is 13.8. The lowest BCUT2D eigenvalue weighted by Gasteiger charge is -2.36. The van der Waals surface area contributed by atoms with E-state index in [9.17, 15) is 10.4 Å². The first kappa shape index (κ1) is 27.9. The van der Waals surface area contributed by atoms with E-state index in [1.54, 1.807) is 13.2 Å². The van der Waals surface area contributed by atoms with Crippen molar-refractivity contribution in [2.45, 2.75) is 38.1 Å². The molecule has 0 aliphatic carbocycles. The number of fused-ring (bicyclic) bond motifs is 1. The highest BCUT2D eigenvalue weighted by molar-refractivity contribution is 5.61. The SMILES string of the molecule is COCCCN1CCOc2ccc(COC3CNCC(O)C3c3ccc(Oc4ccc(C)c(C#N)c4)cc3)cc21. The molecule has 3 unspecified atom stereocenters. The van der Waals surface area contributed by atoms with Crippen molar-refractivity contribution in [1.29, 1.82) is 5.26 Å². The average molecular weight is 544 g/mol. The molecule has 5 rings (SSSR count). The second kappa shape index (κ2) is 13.2. The summed E-state index contributed by atoms with van der Waals surface area (Å²) in [5.41, 5.74) is 4.67. The fraction of sp³-hybridized carbons (Fsp3) is 0.406. The average Bonchev–Trinajstić information content (AvgIpc) is 2.98. The number of benzene rings is 3. The summed E-state index contributed by atoms with van der Waals surface area (Å²) in [5.74, 6) is 2.01. The fourth-order valence-corrected chi connectivity index (χ4v) is 5.40. The Morgan fingerprint density at radius 2 is 1.90 bits per heavy atom. The molecule has 0 amide bonds. The van der Waals surface area contributed by atoms with E-state index in [0.717, 1.165) is 54.2 Å². The molecule has 1 fully saturated rings. The summed E-state index contributed by atoms with van der Waals surface area (Å²) in [6, 6.07) is 21.7. The first-order valence-electron chi connectivity index (χ1n) is 13.8. The summed E-state index contributed by atoms with van der Waals surface area (Å²) in [6.07, 6.45) is 0.185. The van der Waals surface area contributed by atoms with Gasteiger partial charge in [0.1, 0.15) is 23.9 Å². The molecular formula is C32H37N3O5. The van der Waals surface area contributed by atoms with Crippen LogP contribution in [0.15, 0.2) is 60.7 Å². The van der Waals surface area contributed by atoms with Crippen LogP contribution in [-0.4, -0.2) is 63.8 Å². The molecule has 0 saturated carbocycles. The van der Waals surface area contributed by atoms with Crippen LogP contribution in [0, 0.1) is 18.3 Å². The van der Waals surface area contributed by atoms with Gasteiger partial charge < -0.3 is 34.3 Å². The van der Waals surface area contributed by atoms with Gasteiger partial charge in [0, 0.05) is 39.3 Å². The zero-order valence-corrected chi connectivity index (χ0v) is 23.1. The monoisotopic (exact) mass is 543 g/mol. The van der Waals surface area contributed by atoms with Crippen LogP contribution >= 0.6 is 0 Å². The molecule has 40 heavy (non-hydrogen) atoms. The normalized spacial score (nSPS) is 20.4. The zero-order chi connectivity index (χ0) is 27.9. The standard InChI is InChI=1S/C32H37N3O5/c1-22-4-8-27(17-25(22)18-33)40-26-9-6-24(7-10-26)32-29(36)19-34-20-31(32)39-21-23-5-11-30-28(16-23)35(13-15-38-30)12-3-14-37-2/h4-11,16-17,29,31-32,34,36H,3,12-15,19-21H2,1-2H3. The van der Waals surface area contributed by atoms with Crippen molar-refractivity contribution in [3.8, 4) is 23.3 Å². The van der Waals surface area contributed by atoms with Crippen LogP contribution in [0.4, 0.5) is 5.69 Å². The van der Waals surface area contributed by atoms with Crippen molar-refractivity contribution < 1.29 is 24.1 Å². The lowest BCUT2D eigenvalue weighted by Crippen LogP contribution is -2.49. The number of methoxy groups -OCH3 is 1. The Morgan fingerprint density at radius 3 is 2.70 bits per heavy atom. The molecule has 0 aromatic heterocycles. The maximum Gasteiger partial charge on any atom is 0.142 e. The van der Waals surface area contributed by atoms with Crippen LogP contribution in [0.25, 0.3) is 0 Å². The van der Waals surface area contributed by atoms with E-state index >= 15 is 0 Å². The minimum Gasteiger partial charge on any atom is -0.490 e. The molecule has 210 valence electrons. The van der Waals surface area contributed by atoms with Crippen LogP contribution in [0.5, 0.6) is 17.2 Å². The Hall–Kier alpha value is -3.61. The molecule has 2 N–H and O–H groups in total. The van der Waals surface area contributed by atoms with Gasteiger partial charge in [0.05, 0.1) is 42.7 Å². The van der Waals surface area contributed by atoms with Gasteiger partial charge in [0.15, 0.2) is 0 Å². The molecule has 0 bridgehead atoms. The Kier molecular flexibility index (Phi) is 9.19. The third kappa shape index (κ3) is 6.57. The van der Waals surface area contributed by atoms with E-state index < -0.39 is 6.10 Å². The molecule has 8 heteroatoms. The number of piperidine rings is 1. The van der Waals surface area contributed by atoms with Gasteiger partial charge in [-0.25, -0.2) is 0 Å². The van der Waals surface area contributed by atoms with Gasteiger partial charge in [0.25, 0.3) is 0 Å². The Labute approximate surface area is 236 Å². The van der Waals surface area contributed by atoms with E-state index in [1.165, 1.54) is 0 Å². The maximum atomic E-state index is 10.9. The number of hydrogen-bond donors (Lipinski definition) is 2. The zero-order valence-electron chi connectivity index (χ0n) is 23.1. The Bertz CT molecular complexity index is 1320. The van der Waals surface area contributed by atoms with E-state index in [1.807, 2.05) is 55.5 Å². The van der Waals surface area contributed by atoms with Crippen molar-refractivity contribution in [2.75, 3.05) is 51.4 Å². The van der Waals surface area contributed by atoms with Crippen molar-refractivity contribution in [2.24, 2.45) is 0 Å². The quantitative estimate of drug-likeness (QED) is 0.360. The largest absolute Gasteiger partial charge is 0.490 e. The van der Waals surface area contributed by atoms with Gasteiger partial charge in [-0.1, -0.05) is 24.3 Å². The number of anilines is 1. The minimum atomic E-state index is -0.575. The predicted octanol–water partition coefficient (Wildman–Crippen LogP) is 4.53. The fourth-order valence-electron chi connectivity index (χ4n) is 5.40. The van der Waals surface area contributed by atoms with Gasteiger partial charge in [0.2, 0.25) is 0 Å². The topological polar surface area (TPSA) is 96.2 Å². The van der Waals surface area contributed by atoms with Gasteiger partial charge in [-0.3, -0.25) is 0 Å². The van der Waals surface area contributed by atoms with Crippen LogP contribution in [0.2, 0.25) is 0 Å². The number of hydrogen-bond acceptors (Lipinski definition) is 8. The molecule has 0 radical (unpaired) electrons. The number of ether oxygens (including phenoxy) is 4. The highest BCUT2D eigenvalue weighted by atomic mass is 16.5. The molecule has 2 heterocycles. The number of aliphatic hydroxyl groups is 1. The lowest BCUT2D eigenvalue weighted by molar-refractivity contribution is -0.0328. The molecule has 0 spiro atoms. The number of nitrogens with zero attached hydrogens (tertiary/aromatic N) is 2. The molecule has 2 aliphatic rings. The number of rotatable bonds is 10. The number of aliphatic hydroxyl groups excluding tert-OH is 1. The van der Waals surface area contributed by atoms with Crippen LogP contribution < -0.4 is 19.7 Å². The highest BCUT2D eigenvalue weighted by Gasteiger charge is 2.34. The Balaban J connectivity index is 1.26. The number of nitrogens with one attached hydrogen (secondary N) is 1. The van der Waals surface area contributed by atoms with Gasteiger partial charge in [-0.15, -0.1) is 0 Å². The van der Waals surface area contributed by atoms with Crippen LogP contribution in [-0.2, 0) is 16.1 Å². The maximum absolute atomic E-state index is 10.9. The predicted molar refractivity (Wildman–Crippen MR) is 153 cm³/mol. The van der Waals surface area contributed by atoms with Crippen LogP contribution in [0.1, 0.15) is 34.6 Å². The summed E-state index contributed by atoms with van der Waals surface area (Å²) in [5, 5.41) is 23.5. The van der Waals surface area contributed by atoms with Gasteiger partial charge in [-0.05, 0) is 66.4 Å². The summed E-state index contributed by atoms with van der Waals surface area (Å²) < 4.78 is 23.5. The molecule has 3 atom stereocenters. The number of nitriles is 1. The van der Waals surface area contributed by atoms with Crippen molar-refractivity contribution in [3.63, 3.8) is 0 Å². The van der Waals surface area contributed by atoms with Crippen molar-refractivity contribution in [3.05, 3.63) is 82.9 Å². The second-order valence-electron chi connectivity index (χ2n) is 10.3. The van der Waals surface area contributed by atoms with Crippen LogP contribution in [0.3, 0.4) is 0 Å². The molecule has 1 saturated heterocycles. The summed E-state index contributed by atoms with van der Waals surface area (Å²) >= 11 is 0. The molecule has 3 aromatic rings. The van der Waals surface area contributed by atoms with E-state index in [-0.39, 0.29) is 12.0 Å². The van der Waals surface area contributed by atoms with E-state index in [2.05, 4.69) is 22.4 Å².